The molecule has 0 saturated carbocycles. The molecule has 0 atom stereocenters. The van der Waals surface area contributed by atoms with Crippen LogP contribution in [0.25, 0.3) is 11.2 Å². The zero-order valence-corrected chi connectivity index (χ0v) is 9.37. The van der Waals surface area contributed by atoms with Gasteiger partial charge in [0.05, 0.1) is 17.0 Å². The Morgan fingerprint density at radius 2 is 1.69 bits per heavy atom. The molecule has 5 nitrogen and oxygen atoms in total. The third-order valence-electron chi connectivity index (χ3n) is 2.61. The fourth-order valence-corrected chi connectivity index (χ4v) is 1.54. The van der Waals surface area contributed by atoms with Gasteiger partial charge in [0.1, 0.15) is 17.4 Å². The molecule has 0 amide bonds. The van der Waals surface area contributed by atoms with Gasteiger partial charge in [0.2, 0.25) is 0 Å². The van der Waals surface area contributed by atoms with E-state index in [4.69, 9.17) is 11.0 Å². The van der Waals surface area contributed by atoms with Crippen molar-refractivity contribution in [3.8, 4) is 6.07 Å². The van der Waals surface area contributed by atoms with Crippen LogP contribution in [0.4, 0.5) is 5.82 Å². The molecule has 2 rings (SSSR count). The van der Waals surface area contributed by atoms with E-state index in [1.165, 1.54) is 0 Å². The first kappa shape index (κ1) is 10.3. The lowest BCUT2D eigenvalue weighted by Gasteiger charge is -2.07. The van der Waals surface area contributed by atoms with Crippen LogP contribution in [-0.4, -0.2) is 15.0 Å². The molecular weight excluding hydrogens is 202 g/mol. The van der Waals surface area contributed by atoms with E-state index in [1.54, 1.807) is 0 Å². The molecule has 0 bridgehead atoms. The number of fused-ring (bicyclic) bond motifs is 1. The molecule has 0 aliphatic carbocycles. The number of hydrogen-bond donors (Lipinski definition) is 1. The highest BCUT2D eigenvalue weighted by Gasteiger charge is 2.12. The summed E-state index contributed by atoms with van der Waals surface area (Å²) in [6, 6.07) is 2.03. The summed E-state index contributed by atoms with van der Waals surface area (Å²) < 4.78 is 0. The van der Waals surface area contributed by atoms with Crippen LogP contribution >= 0.6 is 0 Å². The van der Waals surface area contributed by atoms with E-state index in [0.717, 1.165) is 17.0 Å². The lowest BCUT2D eigenvalue weighted by atomic mass is 10.1. The molecule has 0 unspecified atom stereocenters. The van der Waals surface area contributed by atoms with Crippen LogP contribution in [0.2, 0.25) is 0 Å². The molecule has 2 aromatic heterocycles. The highest BCUT2D eigenvalue weighted by atomic mass is 15.0. The summed E-state index contributed by atoms with van der Waals surface area (Å²) in [6.07, 6.45) is 0. The van der Waals surface area contributed by atoms with Gasteiger partial charge in [-0.25, -0.2) is 15.0 Å². The molecule has 5 heteroatoms. The van der Waals surface area contributed by atoms with Gasteiger partial charge in [-0.15, -0.1) is 0 Å². The maximum absolute atomic E-state index is 8.96. The molecular formula is C11H11N5. The zero-order valence-electron chi connectivity index (χ0n) is 9.37. The summed E-state index contributed by atoms with van der Waals surface area (Å²) in [5, 5.41) is 8.96. The predicted octanol–water partition coefficient (Wildman–Crippen LogP) is 1.40. The molecule has 80 valence electrons. The van der Waals surface area contributed by atoms with Crippen LogP contribution in [-0.2, 0) is 0 Å². The standard InChI is InChI=1S/C11H11N5/c1-5-8(4-12)10(13)16-11-9(5)14-6(2)7(3)15-11/h1-3H3,(H2,13,15,16). The van der Waals surface area contributed by atoms with Gasteiger partial charge < -0.3 is 5.73 Å². The highest BCUT2D eigenvalue weighted by molar-refractivity contribution is 5.80. The molecule has 2 N–H and O–H groups in total. The molecule has 16 heavy (non-hydrogen) atoms. The van der Waals surface area contributed by atoms with Crippen molar-refractivity contribution in [3.63, 3.8) is 0 Å². The van der Waals surface area contributed by atoms with Crippen LogP contribution in [0.3, 0.4) is 0 Å². The Balaban J connectivity index is 2.95. The third kappa shape index (κ3) is 1.36. The maximum Gasteiger partial charge on any atom is 0.180 e. The summed E-state index contributed by atoms with van der Waals surface area (Å²) in [5.74, 6) is 0.213. The van der Waals surface area contributed by atoms with Gasteiger partial charge in [-0.05, 0) is 20.8 Å². The first-order valence-corrected chi connectivity index (χ1v) is 4.85. The van der Waals surface area contributed by atoms with Crippen molar-refractivity contribution in [2.24, 2.45) is 0 Å². The molecule has 0 aliphatic rings. The number of rotatable bonds is 0. The second kappa shape index (κ2) is 3.42. The highest BCUT2D eigenvalue weighted by Crippen LogP contribution is 2.21. The third-order valence-corrected chi connectivity index (χ3v) is 2.61. The van der Waals surface area contributed by atoms with Crippen molar-refractivity contribution < 1.29 is 0 Å². The second-order valence-electron chi connectivity index (χ2n) is 3.68. The second-order valence-corrected chi connectivity index (χ2v) is 3.68. The normalized spacial score (nSPS) is 10.4. The van der Waals surface area contributed by atoms with Gasteiger partial charge in [0, 0.05) is 5.56 Å². The van der Waals surface area contributed by atoms with Gasteiger partial charge in [-0.3, -0.25) is 0 Å². The van der Waals surface area contributed by atoms with Crippen LogP contribution < -0.4 is 5.73 Å². The summed E-state index contributed by atoms with van der Waals surface area (Å²) in [4.78, 5) is 12.8. The number of nitrogen functional groups attached to an aromatic ring is 1. The van der Waals surface area contributed by atoms with E-state index in [-0.39, 0.29) is 5.82 Å². The van der Waals surface area contributed by atoms with Crippen LogP contribution in [0.1, 0.15) is 22.5 Å². The number of anilines is 1. The minimum Gasteiger partial charge on any atom is -0.383 e. The Hall–Kier alpha value is -2.22. The number of nitriles is 1. The topological polar surface area (TPSA) is 88.5 Å². The van der Waals surface area contributed by atoms with Crippen LogP contribution in [0.15, 0.2) is 0 Å². The van der Waals surface area contributed by atoms with Crippen molar-refractivity contribution in [2.45, 2.75) is 20.8 Å². The molecule has 0 fully saturated rings. The van der Waals surface area contributed by atoms with Crippen molar-refractivity contribution in [1.82, 2.24) is 15.0 Å². The van der Waals surface area contributed by atoms with Gasteiger partial charge in [-0.1, -0.05) is 0 Å². The van der Waals surface area contributed by atoms with E-state index in [2.05, 4.69) is 15.0 Å². The van der Waals surface area contributed by atoms with Crippen molar-refractivity contribution >= 4 is 17.0 Å². The lowest BCUT2D eigenvalue weighted by Crippen LogP contribution is -2.03. The smallest absolute Gasteiger partial charge is 0.180 e. The Morgan fingerprint density at radius 3 is 2.31 bits per heavy atom. The minimum atomic E-state index is 0.213. The summed E-state index contributed by atoms with van der Waals surface area (Å²) in [5.41, 5.74) is 9.61. The first-order valence-electron chi connectivity index (χ1n) is 4.85. The van der Waals surface area contributed by atoms with Crippen molar-refractivity contribution in [1.29, 1.82) is 5.26 Å². The van der Waals surface area contributed by atoms with Gasteiger partial charge in [-0.2, -0.15) is 5.26 Å². The summed E-state index contributed by atoms with van der Waals surface area (Å²) in [7, 11) is 0. The molecule has 0 spiro atoms. The number of hydrogen-bond acceptors (Lipinski definition) is 5. The zero-order chi connectivity index (χ0) is 11.9. The number of pyridine rings is 1. The molecule has 2 heterocycles. The number of nitrogens with zero attached hydrogens (tertiary/aromatic N) is 4. The number of aromatic nitrogens is 3. The van der Waals surface area contributed by atoms with Gasteiger partial charge in [0.15, 0.2) is 5.65 Å². The monoisotopic (exact) mass is 213 g/mol. The van der Waals surface area contributed by atoms with Gasteiger partial charge in [0.25, 0.3) is 0 Å². The maximum atomic E-state index is 8.96. The van der Waals surface area contributed by atoms with E-state index < -0.39 is 0 Å². The number of aryl methyl sites for hydroxylation is 3. The molecule has 2 aromatic rings. The fraction of sp³-hybridized carbons (Fsp3) is 0.273. The van der Waals surface area contributed by atoms with E-state index in [1.807, 2.05) is 26.8 Å². The quantitative estimate of drug-likeness (QED) is 0.714. The molecule has 0 aliphatic heterocycles. The van der Waals surface area contributed by atoms with Crippen molar-refractivity contribution in [3.05, 3.63) is 22.5 Å². The van der Waals surface area contributed by atoms with Crippen LogP contribution in [0, 0.1) is 32.1 Å². The Labute approximate surface area is 93.0 Å². The van der Waals surface area contributed by atoms with E-state index in [9.17, 15) is 0 Å². The molecule has 0 saturated heterocycles. The largest absolute Gasteiger partial charge is 0.383 e. The predicted molar refractivity (Wildman–Crippen MR) is 60.7 cm³/mol. The van der Waals surface area contributed by atoms with Gasteiger partial charge >= 0.3 is 0 Å². The molecule has 0 radical (unpaired) electrons. The summed E-state index contributed by atoms with van der Waals surface area (Å²) >= 11 is 0. The Morgan fingerprint density at radius 1 is 1.06 bits per heavy atom. The summed E-state index contributed by atoms with van der Waals surface area (Å²) in [6.45, 7) is 5.55. The minimum absolute atomic E-state index is 0.213. The van der Waals surface area contributed by atoms with Crippen molar-refractivity contribution in [2.75, 3.05) is 5.73 Å². The Kier molecular flexibility index (Phi) is 2.20. The number of nitrogens with two attached hydrogens (primary N) is 1. The van der Waals surface area contributed by atoms with E-state index in [0.29, 0.717) is 16.7 Å². The fourth-order valence-electron chi connectivity index (χ4n) is 1.54. The molecule has 0 aromatic carbocycles. The lowest BCUT2D eigenvalue weighted by molar-refractivity contribution is 1.07. The SMILES string of the molecule is Cc1nc2nc(N)c(C#N)c(C)c2nc1C. The first-order chi connectivity index (χ1) is 7.54. The average molecular weight is 213 g/mol. The van der Waals surface area contributed by atoms with E-state index >= 15 is 0 Å². The Bertz CT molecular complexity index is 625. The average Bonchev–Trinajstić information content (AvgIpc) is 2.22. The van der Waals surface area contributed by atoms with Crippen LogP contribution in [0.5, 0.6) is 0 Å².